The van der Waals surface area contributed by atoms with E-state index in [9.17, 15) is 4.79 Å². The number of halogens is 1. The van der Waals surface area contributed by atoms with Gasteiger partial charge in [-0.1, -0.05) is 85.6 Å². The number of aryl methyl sites for hydroxylation is 1. The van der Waals surface area contributed by atoms with E-state index in [2.05, 4.69) is 43.1 Å². The average molecular weight is 484 g/mol. The van der Waals surface area contributed by atoms with Gasteiger partial charge in [-0.05, 0) is 42.3 Å². The second-order valence-electron chi connectivity index (χ2n) is 9.35. The molecule has 0 fully saturated rings. The first-order valence-corrected chi connectivity index (χ1v) is 11.9. The first-order chi connectivity index (χ1) is 16.8. The molecule has 0 spiro atoms. The number of pyridine rings is 1. The highest BCUT2D eigenvalue weighted by Gasteiger charge is 2.47. The van der Waals surface area contributed by atoms with Crippen molar-refractivity contribution >= 4 is 34.1 Å². The number of hydrogen-bond acceptors (Lipinski definition) is 4. The molecule has 0 radical (unpaired) electrons. The Labute approximate surface area is 210 Å². The van der Waals surface area contributed by atoms with Crippen molar-refractivity contribution in [1.29, 1.82) is 0 Å². The summed E-state index contributed by atoms with van der Waals surface area (Å²) in [5.41, 5.74) is 4.23. The molecule has 1 aromatic heterocycles. The molecule has 5 nitrogen and oxygen atoms in total. The van der Waals surface area contributed by atoms with Crippen LogP contribution in [0.5, 0.6) is 5.75 Å². The molecule has 176 valence electrons. The predicted molar refractivity (Wildman–Crippen MR) is 140 cm³/mol. The van der Waals surface area contributed by atoms with Crippen LogP contribution in [0, 0.1) is 12.3 Å². The van der Waals surface area contributed by atoms with Gasteiger partial charge in [0.1, 0.15) is 11.3 Å². The quantitative estimate of drug-likeness (QED) is 0.322. The van der Waals surface area contributed by atoms with Gasteiger partial charge in [-0.2, -0.15) is 5.10 Å². The highest BCUT2D eigenvalue weighted by atomic mass is 35.5. The second-order valence-corrected chi connectivity index (χ2v) is 9.79. The standard InChI is InChI=1S/C29H26ClN3O2/c1-19-9-11-22(12-10-19)28-29(2,3)27(21-13-15-23(30)16-14-21)32-33(28)25(34)18-35-24-8-4-6-20-7-5-17-31-26(20)24/h4-17,28H,18H2,1-3H3. The van der Waals surface area contributed by atoms with Crippen LogP contribution in [0.15, 0.2) is 90.2 Å². The Morgan fingerprint density at radius 2 is 1.71 bits per heavy atom. The zero-order valence-corrected chi connectivity index (χ0v) is 20.7. The first-order valence-electron chi connectivity index (χ1n) is 11.5. The smallest absolute Gasteiger partial charge is 0.281 e. The second kappa shape index (κ2) is 9.16. The lowest BCUT2D eigenvalue weighted by molar-refractivity contribution is -0.136. The van der Waals surface area contributed by atoms with Crippen molar-refractivity contribution < 1.29 is 9.53 Å². The number of nitrogens with zero attached hydrogens (tertiary/aromatic N) is 3. The van der Waals surface area contributed by atoms with Crippen LogP contribution in [-0.4, -0.2) is 28.2 Å². The molecule has 6 heteroatoms. The molecule has 35 heavy (non-hydrogen) atoms. The van der Waals surface area contributed by atoms with E-state index in [1.54, 1.807) is 11.2 Å². The minimum atomic E-state index is -0.445. The van der Waals surface area contributed by atoms with Crippen LogP contribution in [0.4, 0.5) is 0 Å². The number of aromatic nitrogens is 1. The van der Waals surface area contributed by atoms with Crippen LogP contribution in [0.25, 0.3) is 10.9 Å². The van der Waals surface area contributed by atoms with Crippen LogP contribution in [0.2, 0.25) is 5.02 Å². The molecule has 0 aliphatic carbocycles. The molecule has 1 aliphatic rings. The van der Waals surface area contributed by atoms with Gasteiger partial charge >= 0.3 is 0 Å². The van der Waals surface area contributed by atoms with Crippen LogP contribution in [-0.2, 0) is 4.79 Å². The van der Waals surface area contributed by atoms with Crippen molar-refractivity contribution in [2.24, 2.45) is 10.5 Å². The summed E-state index contributed by atoms with van der Waals surface area (Å²) in [7, 11) is 0. The summed E-state index contributed by atoms with van der Waals surface area (Å²) >= 11 is 6.12. The van der Waals surface area contributed by atoms with Gasteiger partial charge in [-0.15, -0.1) is 0 Å². The Hall–Kier alpha value is -3.70. The largest absolute Gasteiger partial charge is 0.481 e. The molecule has 1 amide bonds. The van der Waals surface area contributed by atoms with E-state index >= 15 is 0 Å². The van der Waals surface area contributed by atoms with E-state index in [1.807, 2.05) is 61.5 Å². The summed E-state index contributed by atoms with van der Waals surface area (Å²) in [6.45, 7) is 6.14. The maximum atomic E-state index is 13.6. The van der Waals surface area contributed by atoms with Gasteiger partial charge in [0.05, 0.1) is 11.8 Å². The third-order valence-corrected chi connectivity index (χ3v) is 6.71. The minimum absolute atomic E-state index is 0.147. The molecule has 0 saturated carbocycles. The lowest BCUT2D eigenvalue weighted by Crippen LogP contribution is -2.37. The maximum absolute atomic E-state index is 13.6. The first kappa shape index (κ1) is 23.1. The summed E-state index contributed by atoms with van der Waals surface area (Å²) < 4.78 is 5.98. The number of benzene rings is 3. The number of carbonyl (C=O) groups excluding carboxylic acids is 1. The number of amides is 1. The van der Waals surface area contributed by atoms with Crippen LogP contribution < -0.4 is 4.74 Å². The molecule has 0 N–H and O–H groups in total. The van der Waals surface area contributed by atoms with Gasteiger partial charge in [0.25, 0.3) is 5.91 Å². The van der Waals surface area contributed by atoms with E-state index in [1.165, 1.54) is 0 Å². The average Bonchev–Trinajstić information content (AvgIpc) is 3.14. The van der Waals surface area contributed by atoms with Gasteiger partial charge in [0.15, 0.2) is 6.61 Å². The fraction of sp³-hybridized carbons (Fsp3) is 0.207. The molecular weight excluding hydrogens is 458 g/mol. The molecular formula is C29H26ClN3O2. The summed E-state index contributed by atoms with van der Waals surface area (Å²) in [6, 6.07) is 25.1. The molecule has 0 bridgehead atoms. The number of hydrazone groups is 1. The molecule has 3 aromatic carbocycles. The van der Waals surface area contributed by atoms with Crippen molar-refractivity contribution in [3.63, 3.8) is 0 Å². The number of fused-ring (bicyclic) bond motifs is 1. The molecule has 1 atom stereocenters. The van der Waals surface area contributed by atoms with Crippen molar-refractivity contribution in [2.45, 2.75) is 26.8 Å². The monoisotopic (exact) mass is 483 g/mol. The zero-order chi connectivity index (χ0) is 24.6. The van der Waals surface area contributed by atoms with Crippen LogP contribution in [0.3, 0.4) is 0 Å². The van der Waals surface area contributed by atoms with Gasteiger partial charge in [-0.3, -0.25) is 9.78 Å². The summed E-state index contributed by atoms with van der Waals surface area (Å²) in [5.74, 6) is 0.351. The van der Waals surface area contributed by atoms with Crippen molar-refractivity contribution in [3.8, 4) is 5.75 Å². The maximum Gasteiger partial charge on any atom is 0.281 e. The Balaban J connectivity index is 1.49. The highest BCUT2D eigenvalue weighted by Crippen LogP contribution is 2.46. The molecule has 4 aromatic rings. The van der Waals surface area contributed by atoms with Gasteiger partial charge in [0, 0.05) is 22.0 Å². The number of hydrogen-bond donors (Lipinski definition) is 0. The van der Waals surface area contributed by atoms with Crippen LogP contribution >= 0.6 is 11.6 Å². The normalized spacial score (nSPS) is 16.9. The number of rotatable bonds is 5. The number of para-hydroxylation sites is 1. The Kier molecular flexibility index (Phi) is 6.03. The van der Waals surface area contributed by atoms with Gasteiger partial charge in [-0.25, -0.2) is 5.01 Å². The lowest BCUT2D eigenvalue weighted by atomic mass is 9.75. The fourth-order valence-electron chi connectivity index (χ4n) is 4.67. The fourth-order valence-corrected chi connectivity index (χ4v) is 4.80. The summed E-state index contributed by atoms with van der Waals surface area (Å²) in [4.78, 5) is 18.0. The molecule has 2 heterocycles. The van der Waals surface area contributed by atoms with E-state index in [0.29, 0.717) is 10.8 Å². The Morgan fingerprint density at radius 1 is 1.00 bits per heavy atom. The van der Waals surface area contributed by atoms with Crippen LogP contribution in [0.1, 0.15) is 36.6 Å². The van der Waals surface area contributed by atoms with Crippen molar-refractivity contribution in [3.05, 3.63) is 107 Å². The molecule has 1 unspecified atom stereocenters. The third kappa shape index (κ3) is 4.40. The SMILES string of the molecule is Cc1ccc(C2N(C(=O)COc3cccc4cccnc34)N=C(c3ccc(Cl)cc3)C2(C)C)cc1. The molecule has 0 saturated heterocycles. The van der Waals surface area contributed by atoms with Gasteiger partial charge in [0.2, 0.25) is 0 Å². The predicted octanol–water partition coefficient (Wildman–Crippen LogP) is 6.59. The Morgan fingerprint density at radius 3 is 2.46 bits per heavy atom. The summed E-state index contributed by atoms with van der Waals surface area (Å²) in [5, 5.41) is 8.05. The van der Waals surface area contributed by atoms with E-state index < -0.39 is 5.41 Å². The number of carbonyl (C=O) groups is 1. The van der Waals surface area contributed by atoms with Gasteiger partial charge < -0.3 is 4.74 Å². The van der Waals surface area contributed by atoms with Crippen molar-refractivity contribution in [1.82, 2.24) is 9.99 Å². The third-order valence-electron chi connectivity index (χ3n) is 6.46. The summed E-state index contributed by atoms with van der Waals surface area (Å²) in [6.07, 6.45) is 1.72. The highest BCUT2D eigenvalue weighted by molar-refractivity contribution is 6.30. The molecule has 5 rings (SSSR count). The lowest BCUT2D eigenvalue weighted by Gasteiger charge is -2.32. The van der Waals surface area contributed by atoms with E-state index in [0.717, 1.165) is 33.3 Å². The topological polar surface area (TPSA) is 54.8 Å². The minimum Gasteiger partial charge on any atom is -0.481 e. The van der Waals surface area contributed by atoms with E-state index in [-0.39, 0.29) is 18.6 Å². The Bertz CT molecular complexity index is 1410. The van der Waals surface area contributed by atoms with E-state index in [4.69, 9.17) is 21.4 Å². The number of ether oxygens (including phenoxy) is 1. The van der Waals surface area contributed by atoms with Crippen molar-refractivity contribution in [2.75, 3.05) is 6.61 Å². The zero-order valence-electron chi connectivity index (χ0n) is 19.9. The molecule has 1 aliphatic heterocycles.